The molecule has 0 spiro atoms. The van der Waals surface area contributed by atoms with Gasteiger partial charge in [0.15, 0.2) is 4.34 Å². The molecule has 0 amide bonds. The van der Waals surface area contributed by atoms with Crippen LogP contribution < -0.4 is 10.1 Å². The molecule has 1 N–H and O–H groups in total. The van der Waals surface area contributed by atoms with Gasteiger partial charge in [-0.2, -0.15) is 0 Å². The van der Waals surface area contributed by atoms with Crippen LogP contribution in [0.15, 0.2) is 52.9 Å². The fourth-order valence-corrected chi connectivity index (χ4v) is 3.63. The molecule has 3 aromatic rings. The Morgan fingerprint density at radius 2 is 1.91 bits per heavy atom. The summed E-state index contributed by atoms with van der Waals surface area (Å²) in [5.41, 5.74) is 1.57. The summed E-state index contributed by atoms with van der Waals surface area (Å²) < 4.78 is 19.5. The standard InChI is InChI=1S/C16H14FN3OS2/c1-21-13-8-6-12(7-9-13)18-15-19-20-16(23-15)22-10-11-4-2-3-5-14(11)17/h2-9H,10H2,1H3,(H,18,19). The van der Waals surface area contributed by atoms with Crippen molar-refractivity contribution in [2.24, 2.45) is 0 Å². The highest BCUT2D eigenvalue weighted by molar-refractivity contribution is 8.00. The van der Waals surface area contributed by atoms with E-state index in [0.717, 1.165) is 15.8 Å². The van der Waals surface area contributed by atoms with Gasteiger partial charge in [0.25, 0.3) is 0 Å². The van der Waals surface area contributed by atoms with Crippen LogP contribution in [0, 0.1) is 5.82 Å². The molecule has 0 aliphatic heterocycles. The van der Waals surface area contributed by atoms with Crippen LogP contribution in [0.2, 0.25) is 0 Å². The number of anilines is 2. The van der Waals surface area contributed by atoms with Crippen LogP contribution in [0.1, 0.15) is 5.56 Å². The minimum absolute atomic E-state index is 0.193. The van der Waals surface area contributed by atoms with Crippen molar-refractivity contribution in [3.63, 3.8) is 0 Å². The summed E-state index contributed by atoms with van der Waals surface area (Å²) in [6, 6.07) is 14.3. The van der Waals surface area contributed by atoms with Crippen LogP contribution in [-0.4, -0.2) is 17.3 Å². The fraction of sp³-hybridized carbons (Fsp3) is 0.125. The number of benzene rings is 2. The van der Waals surface area contributed by atoms with Gasteiger partial charge in [0.2, 0.25) is 5.13 Å². The molecule has 1 heterocycles. The van der Waals surface area contributed by atoms with Gasteiger partial charge in [-0.3, -0.25) is 0 Å². The van der Waals surface area contributed by atoms with Crippen molar-refractivity contribution in [2.45, 2.75) is 10.1 Å². The maximum atomic E-state index is 13.6. The Balaban J connectivity index is 1.60. The van der Waals surface area contributed by atoms with Crippen LogP contribution >= 0.6 is 23.1 Å². The van der Waals surface area contributed by atoms with E-state index >= 15 is 0 Å². The van der Waals surface area contributed by atoms with Crippen molar-refractivity contribution < 1.29 is 9.13 Å². The van der Waals surface area contributed by atoms with Gasteiger partial charge in [0.1, 0.15) is 11.6 Å². The lowest BCUT2D eigenvalue weighted by Crippen LogP contribution is -1.89. The maximum Gasteiger partial charge on any atom is 0.210 e. The zero-order valence-electron chi connectivity index (χ0n) is 12.3. The van der Waals surface area contributed by atoms with E-state index < -0.39 is 0 Å². The molecule has 0 unspecified atom stereocenters. The number of nitrogens with zero attached hydrogens (tertiary/aromatic N) is 2. The molecule has 0 fully saturated rings. The first-order valence-electron chi connectivity index (χ1n) is 6.85. The highest BCUT2D eigenvalue weighted by Gasteiger charge is 2.07. The van der Waals surface area contributed by atoms with Gasteiger partial charge in [-0.05, 0) is 35.9 Å². The molecule has 0 aliphatic carbocycles. The van der Waals surface area contributed by atoms with E-state index in [-0.39, 0.29) is 5.82 Å². The number of hydrogen-bond donors (Lipinski definition) is 1. The highest BCUT2D eigenvalue weighted by atomic mass is 32.2. The topological polar surface area (TPSA) is 47.0 Å². The average Bonchev–Trinajstić information content (AvgIpc) is 3.02. The summed E-state index contributed by atoms with van der Waals surface area (Å²) in [5.74, 6) is 1.14. The van der Waals surface area contributed by atoms with Crippen molar-refractivity contribution in [1.29, 1.82) is 0 Å². The number of aromatic nitrogens is 2. The van der Waals surface area contributed by atoms with Gasteiger partial charge in [-0.25, -0.2) is 4.39 Å². The molecule has 0 saturated carbocycles. The Morgan fingerprint density at radius 1 is 1.13 bits per heavy atom. The van der Waals surface area contributed by atoms with Crippen LogP contribution in [-0.2, 0) is 5.75 Å². The summed E-state index contributed by atoms with van der Waals surface area (Å²) >= 11 is 2.91. The molecule has 1 aromatic heterocycles. The van der Waals surface area contributed by atoms with Crippen molar-refractivity contribution >= 4 is 33.9 Å². The minimum atomic E-state index is -0.193. The molecule has 2 aromatic carbocycles. The lowest BCUT2D eigenvalue weighted by Gasteiger charge is -2.03. The molecule has 0 atom stereocenters. The highest BCUT2D eigenvalue weighted by Crippen LogP contribution is 2.30. The Morgan fingerprint density at radius 3 is 2.65 bits per heavy atom. The molecule has 0 aliphatic rings. The first-order chi connectivity index (χ1) is 11.2. The van der Waals surface area contributed by atoms with Crippen LogP contribution in [0.25, 0.3) is 0 Å². The summed E-state index contributed by atoms with van der Waals surface area (Å²) in [6.07, 6.45) is 0. The second-order valence-corrected chi connectivity index (χ2v) is 6.81. The number of methoxy groups -OCH3 is 1. The van der Waals surface area contributed by atoms with E-state index in [1.165, 1.54) is 29.2 Å². The molecule has 7 heteroatoms. The Kier molecular flexibility index (Phi) is 5.09. The van der Waals surface area contributed by atoms with Crippen LogP contribution in [0.3, 0.4) is 0 Å². The number of rotatable bonds is 6. The van der Waals surface area contributed by atoms with Gasteiger partial charge < -0.3 is 10.1 Å². The predicted molar refractivity (Wildman–Crippen MR) is 92.1 cm³/mol. The lowest BCUT2D eigenvalue weighted by atomic mass is 10.2. The number of hydrogen-bond acceptors (Lipinski definition) is 6. The van der Waals surface area contributed by atoms with Crippen molar-refractivity contribution in [3.8, 4) is 5.75 Å². The van der Waals surface area contributed by atoms with Gasteiger partial charge in [0, 0.05) is 11.4 Å². The molecule has 4 nitrogen and oxygen atoms in total. The second kappa shape index (κ2) is 7.43. The average molecular weight is 347 g/mol. The van der Waals surface area contributed by atoms with E-state index in [1.54, 1.807) is 19.2 Å². The van der Waals surface area contributed by atoms with Crippen LogP contribution in [0.4, 0.5) is 15.2 Å². The monoisotopic (exact) mass is 347 g/mol. The summed E-state index contributed by atoms with van der Waals surface area (Å²) in [4.78, 5) is 0. The molecule has 23 heavy (non-hydrogen) atoms. The molecular weight excluding hydrogens is 333 g/mol. The maximum absolute atomic E-state index is 13.6. The zero-order valence-corrected chi connectivity index (χ0v) is 14.0. The van der Waals surface area contributed by atoms with E-state index in [9.17, 15) is 4.39 Å². The normalized spacial score (nSPS) is 10.5. The molecule has 0 bridgehead atoms. The minimum Gasteiger partial charge on any atom is -0.497 e. The third kappa shape index (κ3) is 4.20. The van der Waals surface area contributed by atoms with Crippen molar-refractivity contribution in [3.05, 3.63) is 59.9 Å². The van der Waals surface area contributed by atoms with E-state index in [2.05, 4.69) is 15.5 Å². The Bertz CT molecular complexity index is 777. The molecule has 3 rings (SSSR count). The Hall–Kier alpha value is -2.12. The van der Waals surface area contributed by atoms with Gasteiger partial charge in [-0.15, -0.1) is 10.2 Å². The largest absolute Gasteiger partial charge is 0.497 e. The van der Waals surface area contributed by atoms with Gasteiger partial charge in [0.05, 0.1) is 7.11 Å². The number of ether oxygens (including phenoxy) is 1. The van der Waals surface area contributed by atoms with E-state index in [1.807, 2.05) is 30.3 Å². The van der Waals surface area contributed by atoms with Crippen molar-refractivity contribution in [2.75, 3.05) is 12.4 Å². The lowest BCUT2D eigenvalue weighted by molar-refractivity contribution is 0.415. The quantitative estimate of drug-likeness (QED) is 0.654. The van der Waals surface area contributed by atoms with Gasteiger partial charge >= 0.3 is 0 Å². The first kappa shape index (κ1) is 15.8. The number of halogens is 1. The second-order valence-electron chi connectivity index (χ2n) is 4.61. The number of nitrogens with one attached hydrogen (secondary N) is 1. The number of thioether (sulfide) groups is 1. The van der Waals surface area contributed by atoms with E-state index in [4.69, 9.17) is 4.74 Å². The van der Waals surface area contributed by atoms with Crippen molar-refractivity contribution in [1.82, 2.24) is 10.2 Å². The SMILES string of the molecule is COc1ccc(Nc2nnc(SCc3ccccc3F)s2)cc1. The molecule has 0 saturated heterocycles. The third-order valence-electron chi connectivity index (χ3n) is 3.06. The fourth-order valence-electron chi connectivity index (χ4n) is 1.87. The first-order valence-corrected chi connectivity index (χ1v) is 8.65. The predicted octanol–water partition coefficient (Wildman–Crippen LogP) is 4.72. The third-order valence-corrected chi connectivity index (χ3v) is 5.08. The smallest absolute Gasteiger partial charge is 0.210 e. The summed E-state index contributed by atoms with van der Waals surface area (Å²) in [6.45, 7) is 0. The molecular formula is C16H14FN3OS2. The summed E-state index contributed by atoms with van der Waals surface area (Å²) in [7, 11) is 1.63. The van der Waals surface area contributed by atoms with E-state index in [0.29, 0.717) is 16.4 Å². The van der Waals surface area contributed by atoms with Crippen LogP contribution in [0.5, 0.6) is 5.75 Å². The Labute approximate surface area is 141 Å². The van der Waals surface area contributed by atoms with Gasteiger partial charge in [-0.1, -0.05) is 41.3 Å². The summed E-state index contributed by atoms with van der Waals surface area (Å²) in [5, 5.41) is 12.1. The molecule has 118 valence electrons. The zero-order chi connectivity index (χ0) is 16.1. The molecule has 0 radical (unpaired) electrons.